The van der Waals surface area contributed by atoms with E-state index in [1.54, 1.807) is 6.07 Å². The monoisotopic (exact) mass is 288 g/mol. The Morgan fingerprint density at radius 3 is 2.65 bits per heavy atom. The Hall–Kier alpha value is -1.68. The van der Waals surface area contributed by atoms with Gasteiger partial charge in [0.25, 0.3) is 0 Å². The van der Waals surface area contributed by atoms with Crippen molar-refractivity contribution in [1.29, 1.82) is 0 Å². The lowest BCUT2D eigenvalue weighted by Crippen LogP contribution is -2.12. The molecule has 0 aliphatic rings. The van der Waals surface area contributed by atoms with Gasteiger partial charge in [0.1, 0.15) is 5.01 Å². The predicted molar refractivity (Wildman–Crippen MR) is 84.4 cm³/mol. The fraction of sp³-hybridized carbons (Fsp3) is 0.375. The maximum Gasteiger partial charge on any atom is 0.171 e. The van der Waals surface area contributed by atoms with Crippen LogP contribution in [0.5, 0.6) is 0 Å². The lowest BCUT2D eigenvalue weighted by atomic mass is 9.93. The first-order chi connectivity index (χ1) is 9.27. The van der Waals surface area contributed by atoms with Crippen molar-refractivity contribution in [1.82, 2.24) is 4.98 Å². The van der Waals surface area contributed by atoms with Crippen molar-refractivity contribution in [2.45, 2.75) is 39.5 Å². The van der Waals surface area contributed by atoms with Crippen LogP contribution in [0.2, 0.25) is 0 Å². The van der Waals surface area contributed by atoms with Gasteiger partial charge in [-0.25, -0.2) is 4.98 Å². The molecule has 3 nitrogen and oxygen atoms in total. The number of Topliss-reactive ketones (excluding diaryl/α,β-unsaturated/α-hetero) is 1. The van der Waals surface area contributed by atoms with Crippen molar-refractivity contribution in [2.75, 3.05) is 5.73 Å². The first kappa shape index (κ1) is 14.7. The fourth-order valence-electron chi connectivity index (χ4n) is 1.88. The van der Waals surface area contributed by atoms with Gasteiger partial charge in [-0.2, -0.15) is 0 Å². The van der Waals surface area contributed by atoms with E-state index in [2.05, 4.69) is 25.8 Å². The second-order valence-electron chi connectivity index (χ2n) is 6.07. The SMILES string of the molecule is Cc1ccc(N)c(C(=O)Cc2nc(C(C)(C)C)cs2)c1. The lowest BCUT2D eigenvalue weighted by Gasteiger charge is -2.14. The van der Waals surface area contributed by atoms with Crippen LogP contribution in [0.15, 0.2) is 23.6 Å². The molecule has 0 radical (unpaired) electrons. The highest BCUT2D eigenvalue weighted by Gasteiger charge is 2.19. The van der Waals surface area contributed by atoms with Gasteiger partial charge in [0.15, 0.2) is 5.78 Å². The van der Waals surface area contributed by atoms with Gasteiger partial charge < -0.3 is 5.73 Å². The zero-order chi connectivity index (χ0) is 14.9. The Labute approximate surface area is 123 Å². The molecule has 1 aromatic heterocycles. The lowest BCUT2D eigenvalue weighted by molar-refractivity contribution is 0.0993. The Morgan fingerprint density at radius 1 is 1.35 bits per heavy atom. The Balaban J connectivity index is 2.20. The third-order valence-electron chi connectivity index (χ3n) is 3.14. The topological polar surface area (TPSA) is 56.0 Å². The predicted octanol–water partition coefficient (Wildman–Crippen LogP) is 3.76. The maximum absolute atomic E-state index is 12.3. The number of carbonyl (C=O) groups is 1. The molecule has 20 heavy (non-hydrogen) atoms. The Morgan fingerprint density at radius 2 is 2.05 bits per heavy atom. The van der Waals surface area contributed by atoms with Crippen LogP contribution in [0.3, 0.4) is 0 Å². The van der Waals surface area contributed by atoms with Gasteiger partial charge in [-0.05, 0) is 19.1 Å². The van der Waals surface area contributed by atoms with E-state index in [1.807, 2.05) is 24.4 Å². The summed E-state index contributed by atoms with van der Waals surface area (Å²) in [7, 11) is 0. The van der Waals surface area contributed by atoms with Crippen LogP contribution in [0.25, 0.3) is 0 Å². The summed E-state index contributed by atoms with van der Waals surface area (Å²) in [6.45, 7) is 8.31. The molecule has 0 saturated heterocycles. The van der Waals surface area contributed by atoms with E-state index >= 15 is 0 Å². The van der Waals surface area contributed by atoms with Crippen molar-refractivity contribution in [2.24, 2.45) is 0 Å². The van der Waals surface area contributed by atoms with Crippen molar-refractivity contribution in [3.8, 4) is 0 Å². The highest BCUT2D eigenvalue weighted by molar-refractivity contribution is 7.09. The summed E-state index contributed by atoms with van der Waals surface area (Å²) in [6.07, 6.45) is 0.314. The second-order valence-corrected chi connectivity index (χ2v) is 7.01. The number of benzene rings is 1. The van der Waals surface area contributed by atoms with Crippen LogP contribution < -0.4 is 5.73 Å². The number of nitrogens with zero attached hydrogens (tertiary/aromatic N) is 1. The number of thiazole rings is 1. The highest BCUT2D eigenvalue weighted by Crippen LogP contribution is 2.25. The molecule has 2 rings (SSSR count). The van der Waals surface area contributed by atoms with Gasteiger partial charge in [-0.3, -0.25) is 4.79 Å². The van der Waals surface area contributed by atoms with Crippen LogP contribution in [0.4, 0.5) is 5.69 Å². The van der Waals surface area contributed by atoms with Crippen molar-refractivity contribution in [3.05, 3.63) is 45.4 Å². The number of anilines is 1. The summed E-state index contributed by atoms with van der Waals surface area (Å²) < 4.78 is 0. The number of nitrogens with two attached hydrogens (primary N) is 1. The zero-order valence-corrected chi connectivity index (χ0v) is 13.2. The average Bonchev–Trinajstić information content (AvgIpc) is 2.80. The van der Waals surface area contributed by atoms with Crippen molar-refractivity contribution in [3.63, 3.8) is 0 Å². The van der Waals surface area contributed by atoms with Gasteiger partial charge in [-0.1, -0.05) is 32.4 Å². The molecule has 0 saturated carbocycles. The molecule has 1 heterocycles. The first-order valence-electron chi connectivity index (χ1n) is 6.61. The van der Waals surface area contributed by atoms with E-state index in [0.717, 1.165) is 16.3 Å². The number of hydrogen-bond acceptors (Lipinski definition) is 4. The molecule has 0 unspecified atom stereocenters. The summed E-state index contributed by atoms with van der Waals surface area (Å²) in [5, 5.41) is 2.88. The van der Waals surface area contributed by atoms with Gasteiger partial charge in [-0.15, -0.1) is 11.3 Å². The number of rotatable bonds is 3. The summed E-state index contributed by atoms with van der Waals surface area (Å²) in [6, 6.07) is 5.54. The highest BCUT2D eigenvalue weighted by atomic mass is 32.1. The van der Waals surface area contributed by atoms with Crippen molar-refractivity contribution >= 4 is 22.8 Å². The van der Waals surface area contributed by atoms with E-state index in [4.69, 9.17) is 5.73 Å². The minimum atomic E-state index is 0.0140. The smallest absolute Gasteiger partial charge is 0.171 e. The third-order valence-corrected chi connectivity index (χ3v) is 3.99. The second kappa shape index (κ2) is 5.37. The summed E-state index contributed by atoms with van der Waals surface area (Å²) in [5.41, 5.74) is 9.09. The Bertz CT molecular complexity index is 638. The van der Waals surface area contributed by atoms with Gasteiger partial charge in [0.2, 0.25) is 0 Å². The van der Waals surface area contributed by atoms with Crippen LogP contribution in [-0.2, 0) is 11.8 Å². The van der Waals surface area contributed by atoms with E-state index in [9.17, 15) is 4.79 Å². The van der Waals surface area contributed by atoms with Crippen LogP contribution in [0, 0.1) is 6.92 Å². The van der Waals surface area contributed by atoms with E-state index < -0.39 is 0 Å². The number of hydrogen-bond donors (Lipinski definition) is 1. The molecular weight excluding hydrogens is 268 g/mol. The number of nitrogen functional groups attached to an aromatic ring is 1. The summed E-state index contributed by atoms with van der Waals surface area (Å²) >= 11 is 1.54. The van der Waals surface area contributed by atoms with E-state index in [0.29, 0.717) is 17.7 Å². The molecule has 4 heteroatoms. The molecule has 0 amide bonds. The average molecular weight is 288 g/mol. The van der Waals surface area contributed by atoms with Crippen LogP contribution >= 0.6 is 11.3 Å². The molecule has 0 aliphatic carbocycles. The zero-order valence-electron chi connectivity index (χ0n) is 12.4. The minimum absolute atomic E-state index is 0.0140. The van der Waals surface area contributed by atoms with Crippen LogP contribution in [-0.4, -0.2) is 10.8 Å². The van der Waals surface area contributed by atoms with Gasteiger partial charge in [0, 0.05) is 22.0 Å². The number of aryl methyl sites for hydroxylation is 1. The summed E-state index contributed by atoms with van der Waals surface area (Å²) in [4.78, 5) is 16.9. The quantitative estimate of drug-likeness (QED) is 0.691. The third kappa shape index (κ3) is 3.25. The molecule has 0 aliphatic heterocycles. The molecule has 106 valence electrons. The Kier molecular flexibility index (Phi) is 3.95. The van der Waals surface area contributed by atoms with Crippen molar-refractivity contribution < 1.29 is 4.79 Å². The molecule has 2 N–H and O–H groups in total. The standard InChI is InChI=1S/C16H20N2OS/c1-10-5-6-12(17)11(7-10)13(19)8-15-18-14(9-20-15)16(2,3)4/h5-7,9H,8,17H2,1-4H3. The number of ketones is 1. The van der Waals surface area contributed by atoms with E-state index in [-0.39, 0.29) is 11.2 Å². The molecule has 2 aromatic rings. The molecule has 0 bridgehead atoms. The first-order valence-corrected chi connectivity index (χ1v) is 7.49. The van der Waals surface area contributed by atoms with Crippen LogP contribution in [0.1, 0.15) is 47.4 Å². The van der Waals surface area contributed by atoms with Gasteiger partial charge >= 0.3 is 0 Å². The molecule has 1 aromatic carbocycles. The number of aromatic nitrogens is 1. The van der Waals surface area contributed by atoms with E-state index in [1.165, 1.54) is 11.3 Å². The molecular formula is C16H20N2OS. The normalized spacial score (nSPS) is 11.6. The largest absolute Gasteiger partial charge is 0.398 e. The molecule has 0 atom stereocenters. The minimum Gasteiger partial charge on any atom is -0.398 e. The molecule has 0 fully saturated rings. The van der Waals surface area contributed by atoms with Gasteiger partial charge in [0.05, 0.1) is 12.1 Å². The summed E-state index contributed by atoms with van der Waals surface area (Å²) in [5.74, 6) is 0.0287. The number of carbonyl (C=O) groups excluding carboxylic acids is 1. The molecule has 0 spiro atoms. The fourth-order valence-corrected chi connectivity index (χ4v) is 2.90. The maximum atomic E-state index is 12.3.